The highest BCUT2D eigenvalue weighted by atomic mass is 16.1. The van der Waals surface area contributed by atoms with E-state index in [4.69, 9.17) is 0 Å². The minimum absolute atomic E-state index is 0.0290. The lowest BCUT2D eigenvalue weighted by molar-refractivity contribution is 0.493. The zero-order chi connectivity index (χ0) is 24.4. The van der Waals surface area contributed by atoms with Gasteiger partial charge in [0.05, 0.1) is 22.5 Å². The molecule has 2 aliphatic heterocycles. The molecule has 0 aromatic heterocycles. The molecule has 0 fully saturated rings. The zero-order valence-electron chi connectivity index (χ0n) is 21.1. The molecule has 0 saturated carbocycles. The van der Waals surface area contributed by atoms with Gasteiger partial charge in [0.2, 0.25) is 0 Å². The first-order valence-corrected chi connectivity index (χ1v) is 12.4. The summed E-state index contributed by atoms with van der Waals surface area (Å²) in [6.45, 7) is 14.7. The summed E-state index contributed by atoms with van der Waals surface area (Å²) in [5.41, 5.74) is 4.30. The molecule has 0 aliphatic carbocycles. The fourth-order valence-electron chi connectivity index (χ4n) is 6.32. The van der Waals surface area contributed by atoms with Gasteiger partial charge in [-0.05, 0) is 49.3 Å². The van der Waals surface area contributed by atoms with Crippen LogP contribution in [0.15, 0.2) is 58.1 Å². The van der Waals surface area contributed by atoms with Crippen LogP contribution in [0.25, 0.3) is 12.2 Å². The van der Waals surface area contributed by atoms with Gasteiger partial charge in [-0.25, -0.2) is 0 Å². The quantitative estimate of drug-likeness (QED) is 0.607. The number of para-hydroxylation sites is 2. The molecular formula is C30H34N2O2. The van der Waals surface area contributed by atoms with E-state index in [0.717, 1.165) is 13.1 Å². The molecule has 5 rings (SSSR count). The van der Waals surface area contributed by atoms with Gasteiger partial charge in [0.15, 0.2) is 10.9 Å². The van der Waals surface area contributed by atoms with Gasteiger partial charge in [-0.2, -0.15) is 0 Å². The highest BCUT2D eigenvalue weighted by Gasteiger charge is 2.44. The second-order valence-corrected chi connectivity index (χ2v) is 10.8. The van der Waals surface area contributed by atoms with Crippen LogP contribution in [-0.4, -0.2) is 25.2 Å². The van der Waals surface area contributed by atoms with E-state index in [1.807, 2.05) is 12.2 Å². The number of nitrogens with zero attached hydrogens (tertiary/aromatic N) is 2. The Balaban J connectivity index is 1.59. The summed E-state index contributed by atoms with van der Waals surface area (Å²) < 4.78 is 0. The van der Waals surface area contributed by atoms with Crippen molar-refractivity contribution in [2.24, 2.45) is 0 Å². The van der Waals surface area contributed by atoms with Crippen molar-refractivity contribution in [1.29, 1.82) is 0 Å². The van der Waals surface area contributed by atoms with Gasteiger partial charge in [0, 0.05) is 35.3 Å². The summed E-state index contributed by atoms with van der Waals surface area (Å²) in [7, 11) is 0. The van der Waals surface area contributed by atoms with Crippen LogP contribution in [0.2, 0.25) is 0 Å². The first-order chi connectivity index (χ1) is 16.1. The average molecular weight is 455 g/mol. The Labute approximate surface area is 201 Å². The van der Waals surface area contributed by atoms with Crippen molar-refractivity contribution in [1.82, 2.24) is 0 Å². The van der Waals surface area contributed by atoms with E-state index in [1.54, 1.807) is 0 Å². The number of hydrogen-bond acceptors (Lipinski definition) is 4. The number of benzene rings is 2. The molecule has 2 unspecified atom stereocenters. The maximum atomic E-state index is 13.3. The number of fused-ring (bicyclic) bond motifs is 2. The van der Waals surface area contributed by atoms with Gasteiger partial charge in [-0.1, -0.05) is 64.1 Å². The molecule has 2 aliphatic rings. The highest BCUT2D eigenvalue weighted by molar-refractivity contribution is 5.70. The molecule has 0 radical (unpaired) electrons. The molecule has 0 saturated heterocycles. The standard InChI is InChI=1S/C30H34N2O2/c1-7-31-23-15-11-9-13-21(23)29(3,4)25(31)17-19-27(33)20(28(19)34)18-26-30(5,6)22-14-10-12-16-24(22)32(26)8-2/h9-18,25-26H,7-8H2,1-6H3. The smallest absolute Gasteiger partial charge is 0.200 e. The second kappa shape index (κ2) is 7.69. The van der Waals surface area contributed by atoms with Crippen LogP contribution in [0.4, 0.5) is 11.4 Å². The summed E-state index contributed by atoms with van der Waals surface area (Å²) in [6.07, 6.45) is 3.86. The van der Waals surface area contributed by atoms with Crippen molar-refractivity contribution < 1.29 is 0 Å². The first kappa shape index (κ1) is 22.6. The van der Waals surface area contributed by atoms with E-state index in [-0.39, 0.29) is 33.8 Å². The number of rotatable bonds is 4. The Morgan fingerprint density at radius 3 is 1.38 bits per heavy atom. The van der Waals surface area contributed by atoms with E-state index in [0.29, 0.717) is 10.4 Å². The number of likely N-dealkylation sites (N-methyl/N-ethyl adjacent to an activating group) is 2. The molecule has 34 heavy (non-hydrogen) atoms. The van der Waals surface area contributed by atoms with Crippen LogP contribution >= 0.6 is 0 Å². The van der Waals surface area contributed by atoms with Crippen molar-refractivity contribution >= 4 is 23.5 Å². The maximum absolute atomic E-state index is 13.3. The van der Waals surface area contributed by atoms with E-state index < -0.39 is 0 Å². The third-order valence-corrected chi connectivity index (χ3v) is 8.27. The van der Waals surface area contributed by atoms with Crippen molar-refractivity contribution in [2.75, 3.05) is 22.9 Å². The van der Waals surface area contributed by atoms with Gasteiger partial charge >= 0.3 is 0 Å². The largest absolute Gasteiger partial charge is 0.364 e. The predicted octanol–water partition coefficient (Wildman–Crippen LogP) is 3.22. The zero-order valence-corrected chi connectivity index (χ0v) is 21.1. The molecule has 176 valence electrons. The molecule has 3 aromatic rings. The fraction of sp³-hybridized carbons (Fsp3) is 0.400. The molecule has 0 spiro atoms. The van der Waals surface area contributed by atoms with Crippen LogP contribution < -0.4 is 31.1 Å². The van der Waals surface area contributed by atoms with Crippen molar-refractivity contribution in [3.05, 3.63) is 90.5 Å². The summed E-state index contributed by atoms with van der Waals surface area (Å²) in [4.78, 5) is 31.2. The summed E-state index contributed by atoms with van der Waals surface area (Å²) in [6, 6.07) is 16.7. The molecule has 4 nitrogen and oxygen atoms in total. The van der Waals surface area contributed by atoms with Gasteiger partial charge in [0.25, 0.3) is 0 Å². The third-order valence-electron chi connectivity index (χ3n) is 8.27. The SMILES string of the molecule is CCN1c2ccccc2C(C)(C)C1C=c1c(=O)c(=CC2N(CC)c3ccccc3C2(C)C)c1=O. The van der Waals surface area contributed by atoms with Crippen molar-refractivity contribution in [3.8, 4) is 0 Å². The van der Waals surface area contributed by atoms with Crippen LogP contribution in [-0.2, 0) is 10.8 Å². The Kier molecular flexibility index (Phi) is 5.12. The summed E-state index contributed by atoms with van der Waals surface area (Å²) in [5.74, 6) is 0. The maximum Gasteiger partial charge on any atom is 0.200 e. The lowest BCUT2D eigenvalue weighted by Crippen LogP contribution is -2.66. The van der Waals surface area contributed by atoms with Gasteiger partial charge < -0.3 is 9.80 Å². The normalized spacial score (nSPS) is 22.1. The highest BCUT2D eigenvalue weighted by Crippen LogP contribution is 2.46. The lowest BCUT2D eigenvalue weighted by atomic mass is 9.79. The Morgan fingerprint density at radius 2 is 1.03 bits per heavy atom. The van der Waals surface area contributed by atoms with E-state index in [9.17, 15) is 9.59 Å². The average Bonchev–Trinajstić information content (AvgIpc) is 3.19. The van der Waals surface area contributed by atoms with Gasteiger partial charge in [0.1, 0.15) is 0 Å². The molecule has 3 aromatic carbocycles. The fourth-order valence-corrected chi connectivity index (χ4v) is 6.32. The van der Waals surface area contributed by atoms with Crippen molar-refractivity contribution in [2.45, 2.75) is 64.5 Å². The van der Waals surface area contributed by atoms with E-state index in [2.05, 4.69) is 99.9 Å². The first-order valence-electron chi connectivity index (χ1n) is 12.4. The summed E-state index contributed by atoms with van der Waals surface area (Å²) in [5, 5.41) is 0.680. The van der Waals surface area contributed by atoms with Crippen LogP contribution in [0.1, 0.15) is 52.7 Å². The Morgan fingerprint density at radius 1 is 0.676 bits per heavy atom. The monoisotopic (exact) mass is 454 g/mol. The predicted molar refractivity (Wildman–Crippen MR) is 142 cm³/mol. The number of anilines is 2. The third kappa shape index (κ3) is 2.97. The van der Waals surface area contributed by atoms with Gasteiger partial charge in [-0.15, -0.1) is 0 Å². The van der Waals surface area contributed by atoms with Crippen LogP contribution in [0, 0.1) is 0 Å². The minimum atomic E-state index is -0.187. The number of hydrogen-bond donors (Lipinski definition) is 0. The van der Waals surface area contributed by atoms with Crippen LogP contribution in [0.5, 0.6) is 0 Å². The lowest BCUT2D eigenvalue weighted by Gasteiger charge is -2.32. The summed E-state index contributed by atoms with van der Waals surface area (Å²) >= 11 is 0. The topological polar surface area (TPSA) is 40.6 Å². The minimum Gasteiger partial charge on any atom is -0.364 e. The molecule has 2 atom stereocenters. The molecule has 4 heteroatoms. The molecule has 0 bridgehead atoms. The molecular weight excluding hydrogens is 420 g/mol. The second-order valence-electron chi connectivity index (χ2n) is 10.8. The van der Waals surface area contributed by atoms with Crippen LogP contribution in [0.3, 0.4) is 0 Å². The molecule has 2 heterocycles. The Bertz CT molecular complexity index is 1320. The van der Waals surface area contributed by atoms with E-state index in [1.165, 1.54) is 22.5 Å². The molecule has 0 N–H and O–H groups in total. The van der Waals surface area contributed by atoms with E-state index >= 15 is 0 Å². The van der Waals surface area contributed by atoms with Gasteiger partial charge in [-0.3, -0.25) is 9.59 Å². The van der Waals surface area contributed by atoms with Crippen molar-refractivity contribution in [3.63, 3.8) is 0 Å². The Hall–Kier alpha value is -3.14. The molecule has 0 amide bonds.